The highest BCUT2D eigenvalue weighted by atomic mass is 16.3. The molecule has 0 saturated carbocycles. The van der Waals surface area contributed by atoms with Crippen LogP contribution in [0.4, 0.5) is 0 Å². The van der Waals surface area contributed by atoms with Crippen LogP contribution < -0.4 is 0 Å². The largest absolute Gasteiger partial charge is 0.396 e. The van der Waals surface area contributed by atoms with Gasteiger partial charge in [-0.3, -0.25) is 0 Å². The van der Waals surface area contributed by atoms with Gasteiger partial charge >= 0.3 is 0 Å². The molecule has 11 heavy (non-hydrogen) atoms. The van der Waals surface area contributed by atoms with Gasteiger partial charge in [-0.2, -0.15) is 0 Å². The summed E-state index contributed by atoms with van der Waals surface area (Å²) in [6.45, 7) is 9.15. The van der Waals surface area contributed by atoms with Crippen LogP contribution in [-0.4, -0.2) is 11.7 Å². The quantitative estimate of drug-likeness (QED) is 0.652. The molecule has 1 heteroatoms. The van der Waals surface area contributed by atoms with Crippen molar-refractivity contribution in [2.45, 2.75) is 47.0 Å². The summed E-state index contributed by atoms with van der Waals surface area (Å²) in [5.41, 5.74) is 0.351. The summed E-state index contributed by atoms with van der Waals surface area (Å²) in [5.74, 6) is 0.437. The maximum Gasteiger partial charge on any atom is 0.0461 e. The van der Waals surface area contributed by atoms with E-state index in [9.17, 15) is 0 Å². The van der Waals surface area contributed by atoms with Crippen molar-refractivity contribution in [3.05, 3.63) is 0 Å². The lowest BCUT2D eigenvalue weighted by molar-refractivity contribution is 0.102. The maximum absolute atomic E-state index is 9.03. The van der Waals surface area contributed by atoms with E-state index < -0.39 is 0 Å². The molecule has 0 saturated heterocycles. The molecule has 0 spiro atoms. The van der Waals surface area contributed by atoms with Crippen LogP contribution in [-0.2, 0) is 0 Å². The molecule has 0 aromatic heterocycles. The van der Waals surface area contributed by atoms with Crippen LogP contribution in [0.1, 0.15) is 47.0 Å². The van der Waals surface area contributed by atoms with Crippen LogP contribution in [0.3, 0.4) is 0 Å². The highest BCUT2D eigenvalue weighted by molar-refractivity contribution is 4.77. The fraction of sp³-hybridized carbons (Fsp3) is 1.00. The summed E-state index contributed by atoms with van der Waals surface area (Å²) in [7, 11) is 0. The molecule has 0 aliphatic carbocycles. The Kier molecular flexibility index (Phi) is 4.74. The Hall–Kier alpha value is -0.0400. The highest BCUT2D eigenvalue weighted by Crippen LogP contribution is 2.35. The Bertz CT molecular complexity index is 101. The minimum atomic E-state index is 0.324. The normalized spacial score (nSPS) is 19.4. The van der Waals surface area contributed by atoms with E-state index in [1.165, 1.54) is 19.3 Å². The van der Waals surface area contributed by atoms with Gasteiger partial charge in [0.2, 0.25) is 0 Å². The number of hydrogen-bond acceptors (Lipinski definition) is 1. The average Bonchev–Trinajstić information content (AvgIpc) is 2.03. The van der Waals surface area contributed by atoms with E-state index in [0.29, 0.717) is 17.9 Å². The van der Waals surface area contributed by atoms with Gasteiger partial charge < -0.3 is 5.11 Å². The van der Waals surface area contributed by atoms with Crippen molar-refractivity contribution in [3.63, 3.8) is 0 Å². The van der Waals surface area contributed by atoms with E-state index in [2.05, 4.69) is 27.7 Å². The standard InChI is InChI=1S/C10H22O/c1-5-7-10(4,6-2)9(3)8-11/h9,11H,5-8H2,1-4H3. The molecule has 2 atom stereocenters. The number of aliphatic hydroxyl groups is 1. The van der Waals surface area contributed by atoms with E-state index in [1.807, 2.05) is 0 Å². The molecule has 1 N–H and O–H groups in total. The summed E-state index contributed by atoms with van der Waals surface area (Å²) in [6.07, 6.45) is 3.61. The summed E-state index contributed by atoms with van der Waals surface area (Å²) in [4.78, 5) is 0. The van der Waals surface area contributed by atoms with Gasteiger partial charge in [0.15, 0.2) is 0 Å². The van der Waals surface area contributed by atoms with Crippen LogP contribution in [0.2, 0.25) is 0 Å². The molecule has 0 rings (SSSR count). The molecule has 68 valence electrons. The van der Waals surface area contributed by atoms with Crippen molar-refractivity contribution in [1.29, 1.82) is 0 Å². The molecule has 0 aliphatic rings. The van der Waals surface area contributed by atoms with Gasteiger partial charge in [-0.25, -0.2) is 0 Å². The van der Waals surface area contributed by atoms with E-state index in [4.69, 9.17) is 5.11 Å². The van der Waals surface area contributed by atoms with E-state index in [0.717, 1.165) is 0 Å². The van der Waals surface area contributed by atoms with Gasteiger partial charge in [0.05, 0.1) is 0 Å². The lowest BCUT2D eigenvalue weighted by atomic mass is 9.73. The zero-order valence-corrected chi connectivity index (χ0v) is 8.35. The topological polar surface area (TPSA) is 20.2 Å². The first-order valence-electron chi connectivity index (χ1n) is 4.71. The molecule has 0 aliphatic heterocycles. The van der Waals surface area contributed by atoms with Crippen LogP contribution in [0.15, 0.2) is 0 Å². The highest BCUT2D eigenvalue weighted by Gasteiger charge is 2.27. The smallest absolute Gasteiger partial charge is 0.0461 e. The molecular weight excluding hydrogens is 136 g/mol. The first-order valence-corrected chi connectivity index (χ1v) is 4.71. The Balaban J connectivity index is 4.07. The van der Waals surface area contributed by atoms with Crippen LogP contribution >= 0.6 is 0 Å². The van der Waals surface area contributed by atoms with Gasteiger partial charge in [-0.05, 0) is 17.8 Å². The molecule has 0 amide bonds. The molecule has 0 radical (unpaired) electrons. The third-order valence-electron chi connectivity index (χ3n) is 3.09. The molecule has 1 nitrogen and oxygen atoms in total. The molecule has 0 fully saturated rings. The second-order valence-electron chi connectivity index (χ2n) is 3.84. The van der Waals surface area contributed by atoms with Gasteiger partial charge in [0.25, 0.3) is 0 Å². The summed E-state index contributed by atoms with van der Waals surface area (Å²) in [5, 5.41) is 9.03. The molecule has 0 heterocycles. The summed E-state index contributed by atoms with van der Waals surface area (Å²) < 4.78 is 0. The lowest BCUT2D eigenvalue weighted by Gasteiger charge is -2.33. The van der Waals surface area contributed by atoms with E-state index in [1.54, 1.807) is 0 Å². The van der Waals surface area contributed by atoms with Crippen LogP contribution in [0.5, 0.6) is 0 Å². The Morgan fingerprint density at radius 3 is 2.18 bits per heavy atom. The second-order valence-corrected chi connectivity index (χ2v) is 3.84. The van der Waals surface area contributed by atoms with E-state index >= 15 is 0 Å². The number of hydrogen-bond donors (Lipinski definition) is 1. The Morgan fingerprint density at radius 2 is 1.91 bits per heavy atom. The van der Waals surface area contributed by atoms with Crippen molar-refractivity contribution < 1.29 is 5.11 Å². The van der Waals surface area contributed by atoms with Gasteiger partial charge in [0, 0.05) is 6.61 Å². The number of aliphatic hydroxyl groups excluding tert-OH is 1. The van der Waals surface area contributed by atoms with Gasteiger partial charge in [-0.1, -0.05) is 40.5 Å². The molecule has 2 unspecified atom stereocenters. The fourth-order valence-corrected chi connectivity index (χ4v) is 1.56. The van der Waals surface area contributed by atoms with Crippen LogP contribution in [0.25, 0.3) is 0 Å². The third kappa shape index (κ3) is 2.82. The number of rotatable bonds is 5. The van der Waals surface area contributed by atoms with Crippen molar-refractivity contribution in [1.82, 2.24) is 0 Å². The molecular formula is C10H22O. The van der Waals surface area contributed by atoms with E-state index in [-0.39, 0.29) is 0 Å². The van der Waals surface area contributed by atoms with Gasteiger partial charge in [-0.15, -0.1) is 0 Å². The molecule has 0 bridgehead atoms. The summed E-state index contributed by atoms with van der Waals surface area (Å²) in [6, 6.07) is 0. The van der Waals surface area contributed by atoms with Gasteiger partial charge in [0.1, 0.15) is 0 Å². The molecule has 0 aromatic rings. The lowest BCUT2D eigenvalue weighted by Crippen LogP contribution is -2.27. The minimum absolute atomic E-state index is 0.324. The van der Waals surface area contributed by atoms with Crippen LogP contribution in [0, 0.1) is 11.3 Å². The SMILES string of the molecule is CCCC(C)(CC)C(C)CO. The zero-order chi connectivity index (χ0) is 8.91. The summed E-state index contributed by atoms with van der Waals surface area (Å²) >= 11 is 0. The Labute approximate surface area is 70.8 Å². The van der Waals surface area contributed by atoms with Crippen molar-refractivity contribution in [2.75, 3.05) is 6.61 Å². The zero-order valence-electron chi connectivity index (χ0n) is 8.35. The maximum atomic E-state index is 9.03. The predicted octanol–water partition coefficient (Wildman–Crippen LogP) is 2.83. The average molecular weight is 158 g/mol. The minimum Gasteiger partial charge on any atom is -0.396 e. The van der Waals surface area contributed by atoms with Crippen molar-refractivity contribution in [2.24, 2.45) is 11.3 Å². The predicted molar refractivity (Wildman–Crippen MR) is 49.6 cm³/mol. The fourth-order valence-electron chi connectivity index (χ4n) is 1.56. The molecule has 0 aromatic carbocycles. The Morgan fingerprint density at radius 1 is 1.36 bits per heavy atom. The first-order chi connectivity index (χ1) is 5.10. The van der Waals surface area contributed by atoms with Crippen molar-refractivity contribution in [3.8, 4) is 0 Å². The van der Waals surface area contributed by atoms with Crippen molar-refractivity contribution >= 4 is 0 Å². The third-order valence-corrected chi connectivity index (χ3v) is 3.09. The second kappa shape index (κ2) is 4.76. The monoisotopic (exact) mass is 158 g/mol. The first kappa shape index (κ1) is 11.0.